The largest absolute Gasteiger partial charge is 0.367 e. The summed E-state index contributed by atoms with van der Waals surface area (Å²) in [5.41, 5.74) is 6.92. The normalized spacial score (nSPS) is 19.0. The van der Waals surface area contributed by atoms with E-state index in [9.17, 15) is 18.4 Å². The van der Waals surface area contributed by atoms with E-state index >= 15 is 0 Å². The summed E-state index contributed by atoms with van der Waals surface area (Å²) < 4.78 is 26.7. The molecule has 4 N–H and O–H groups in total. The Morgan fingerprint density at radius 1 is 1.20 bits per heavy atom. The van der Waals surface area contributed by atoms with Gasteiger partial charge in [-0.15, -0.1) is 0 Å². The first-order valence-corrected chi connectivity index (χ1v) is 5.18. The molecule has 0 rings (SSSR count). The first kappa shape index (κ1) is 14.7. The van der Waals surface area contributed by atoms with Gasteiger partial charge in [0.15, 0.2) is 5.78 Å². The van der Waals surface area contributed by atoms with Crippen LogP contribution in [0.15, 0.2) is 0 Å². The van der Waals surface area contributed by atoms with E-state index in [0.29, 0.717) is 0 Å². The number of Topliss-reactive ketones (excluding diaryl/α,β-unsaturated/α-hetero) is 1. The molecule has 0 aromatic heterocycles. The summed E-state index contributed by atoms with van der Waals surface area (Å²) in [5.74, 6) is -6.63. The molecule has 0 aromatic carbocycles. The van der Waals surface area contributed by atoms with Crippen LogP contribution in [0.2, 0.25) is 0 Å². The van der Waals surface area contributed by atoms with Crippen LogP contribution in [0.25, 0.3) is 0 Å². The molecule has 0 aliphatic heterocycles. The maximum absolute atomic E-state index is 13.5. The maximum Gasteiger partial charge on any atom is 0.256 e. The number of ketones is 1. The Morgan fingerprint density at radius 3 is 1.93 bits per heavy atom. The van der Waals surface area contributed by atoms with Gasteiger partial charge in [-0.05, 0) is 0 Å². The zero-order valence-corrected chi connectivity index (χ0v) is 9.53. The van der Waals surface area contributed by atoms with Gasteiger partial charge in [0.2, 0.25) is 11.5 Å². The number of hydrogen-bond donors (Lipinski definition) is 4. The first-order chi connectivity index (χ1) is 6.69. The minimum absolute atomic E-state index is 0.604. The molecule has 0 aliphatic carbocycles. The van der Waals surface area contributed by atoms with E-state index in [1.165, 1.54) is 0 Å². The number of amides is 1. The second-order valence-corrected chi connectivity index (χ2v) is 3.74. The van der Waals surface area contributed by atoms with Crippen molar-refractivity contribution in [2.45, 2.75) is 17.9 Å². The Hall–Kier alpha value is -0.340. The molecule has 0 spiro atoms. The van der Waals surface area contributed by atoms with Crippen molar-refractivity contribution < 1.29 is 18.4 Å². The predicted molar refractivity (Wildman–Crippen MR) is 58.4 cm³/mol. The van der Waals surface area contributed by atoms with Gasteiger partial charge < -0.3 is 5.73 Å². The molecule has 0 bridgehead atoms. The zero-order chi connectivity index (χ0) is 12.3. The van der Waals surface area contributed by atoms with Crippen molar-refractivity contribution in [3.8, 4) is 0 Å². The van der Waals surface area contributed by atoms with Crippen LogP contribution in [-0.4, -0.2) is 34.7 Å². The number of thiol groups is 2. The van der Waals surface area contributed by atoms with Crippen LogP contribution >= 0.6 is 25.3 Å². The minimum Gasteiger partial charge on any atom is -0.367 e. The second kappa shape index (κ2) is 5.13. The molecule has 0 fully saturated rings. The second-order valence-electron chi connectivity index (χ2n) is 3.11. The monoisotopic (exact) mass is 258 g/mol. The summed E-state index contributed by atoms with van der Waals surface area (Å²) in [5, 5.41) is 0. The molecule has 1 amide bonds. The Labute approximate surface area is 96.6 Å². The van der Waals surface area contributed by atoms with Gasteiger partial charge in [-0.2, -0.15) is 25.3 Å². The highest BCUT2D eigenvalue weighted by molar-refractivity contribution is 7.80. The van der Waals surface area contributed by atoms with Gasteiger partial charge in [-0.1, -0.05) is 0 Å². The summed E-state index contributed by atoms with van der Waals surface area (Å²) >= 11 is 7.02. The Bertz CT molecular complexity index is 276. The molecule has 2 atom stereocenters. The first-order valence-electron chi connectivity index (χ1n) is 3.91. The summed E-state index contributed by atoms with van der Waals surface area (Å²) in [6.07, 6.45) is -1.04. The Kier molecular flexibility index (Phi) is 5.01. The lowest BCUT2D eigenvalue weighted by molar-refractivity contribution is -0.138. The molecule has 0 saturated heterocycles. The van der Waals surface area contributed by atoms with Gasteiger partial charge in [0.25, 0.3) is 5.91 Å². The average Bonchev–Trinajstić information content (AvgIpc) is 2.17. The van der Waals surface area contributed by atoms with Crippen molar-refractivity contribution in [2.24, 2.45) is 11.5 Å². The van der Waals surface area contributed by atoms with Crippen LogP contribution in [0, 0.1) is 0 Å². The Morgan fingerprint density at radius 2 is 1.67 bits per heavy atom. The molecule has 4 nitrogen and oxygen atoms in total. The number of hydrogen-bond acceptors (Lipinski definition) is 5. The number of halogens is 2. The zero-order valence-electron chi connectivity index (χ0n) is 7.74. The van der Waals surface area contributed by atoms with Crippen LogP contribution < -0.4 is 11.5 Å². The van der Waals surface area contributed by atoms with Crippen molar-refractivity contribution in [3.05, 3.63) is 0 Å². The van der Waals surface area contributed by atoms with Gasteiger partial charge in [0.05, 0.1) is 6.42 Å². The third-order valence-corrected chi connectivity index (χ3v) is 2.79. The summed E-state index contributed by atoms with van der Waals surface area (Å²) in [6.45, 7) is 0. The lowest BCUT2D eigenvalue weighted by Gasteiger charge is -2.22. The van der Waals surface area contributed by atoms with Gasteiger partial charge in [-0.25, -0.2) is 8.78 Å². The lowest BCUT2D eigenvalue weighted by atomic mass is 9.96. The molecular weight excluding hydrogens is 246 g/mol. The molecule has 0 aliphatic rings. The van der Waals surface area contributed by atoms with Crippen LogP contribution in [0.4, 0.5) is 8.78 Å². The third-order valence-electron chi connectivity index (χ3n) is 1.83. The van der Waals surface area contributed by atoms with Gasteiger partial charge in [-0.3, -0.25) is 15.3 Å². The molecule has 8 heteroatoms. The fourth-order valence-electron chi connectivity index (χ4n) is 0.711. The molecule has 15 heavy (non-hydrogen) atoms. The topological polar surface area (TPSA) is 86.2 Å². The van der Waals surface area contributed by atoms with Crippen LogP contribution in [0.1, 0.15) is 6.42 Å². The number of carbonyl (C=O) groups is 2. The molecule has 0 heterocycles. The third kappa shape index (κ3) is 3.62. The van der Waals surface area contributed by atoms with E-state index in [4.69, 9.17) is 11.5 Å². The standard InChI is InChI=1S/C7H12F2N2O2S2/c8-6(2-14,5(10)13)1-4(12)7(9,11)3-15/h14-15H,1-3,11H2,(H2,10,13)/t6-,7-/m0/s1. The Balaban J connectivity index is 4.72. The summed E-state index contributed by atoms with van der Waals surface area (Å²) in [4.78, 5) is 21.8. The van der Waals surface area contributed by atoms with Crippen molar-refractivity contribution in [2.75, 3.05) is 11.5 Å². The highest BCUT2D eigenvalue weighted by atomic mass is 32.1. The van der Waals surface area contributed by atoms with Crippen LogP contribution in [0.5, 0.6) is 0 Å². The number of nitrogens with two attached hydrogens (primary N) is 2. The number of alkyl halides is 2. The molecular formula is C7H12F2N2O2S2. The van der Waals surface area contributed by atoms with Crippen molar-refractivity contribution in [1.29, 1.82) is 0 Å². The van der Waals surface area contributed by atoms with Crippen molar-refractivity contribution in [1.82, 2.24) is 0 Å². The molecule has 0 unspecified atom stereocenters. The van der Waals surface area contributed by atoms with Gasteiger partial charge >= 0.3 is 0 Å². The molecule has 0 saturated carbocycles. The van der Waals surface area contributed by atoms with E-state index in [2.05, 4.69) is 25.3 Å². The fourth-order valence-corrected chi connectivity index (χ4v) is 1.15. The van der Waals surface area contributed by atoms with E-state index in [1.807, 2.05) is 0 Å². The highest BCUT2D eigenvalue weighted by Gasteiger charge is 2.43. The van der Waals surface area contributed by atoms with Crippen molar-refractivity contribution >= 4 is 36.9 Å². The van der Waals surface area contributed by atoms with Gasteiger partial charge in [0.1, 0.15) is 0 Å². The number of rotatable bonds is 6. The maximum atomic E-state index is 13.5. The number of carbonyl (C=O) groups excluding carboxylic acids is 2. The highest BCUT2D eigenvalue weighted by Crippen LogP contribution is 2.22. The number of primary amides is 1. The molecule has 88 valence electrons. The van der Waals surface area contributed by atoms with Crippen LogP contribution in [0.3, 0.4) is 0 Å². The summed E-state index contributed by atoms with van der Waals surface area (Å²) in [6, 6.07) is 0. The predicted octanol–water partition coefficient (Wildman–Crippen LogP) is -0.377. The quantitative estimate of drug-likeness (QED) is 0.387. The van der Waals surface area contributed by atoms with E-state index in [1.54, 1.807) is 0 Å². The van der Waals surface area contributed by atoms with E-state index < -0.39 is 41.1 Å². The average molecular weight is 258 g/mol. The molecule has 0 radical (unpaired) electrons. The van der Waals surface area contributed by atoms with Crippen LogP contribution in [-0.2, 0) is 9.59 Å². The fraction of sp³-hybridized carbons (Fsp3) is 0.714. The van der Waals surface area contributed by atoms with E-state index in [-0.39, 0.29) is 0 Å². The SMILES string of the molecule is NC(=O)[C@@](F)(CS)CC(=O)[C@](N)(F)CS. The molecule has 0 aromatic rings. The van der Waals surface area contributed by atoms with Crippen molar-refractivity contribution in [3.63, 3.8) is 0 Å². The van der Waals surface area contributed by atoms with Gasteiger partial charge in [0, 0.05) is 11.5 Å². The lowest BCUT2D eigenvalue weighted by Crippen LogP contribution is -2.51. The summed E-state index contributed by atoms with van der Waals surface area (Å²) in [7, 11) is 0. The smallest absolute Gasteiger partial charge is 0.256 e. The minimum atomic E-state index is -2.77. The van der Waals surface area contributed by atoms with E-state index in [0.717, 1.165) is 0 Å².